The molecule has 0 unspecified atom stereocenters. The van der Waals surface area contributed by atoms with Crippen LogP contribution in [0.25, 0.3) is 0 Å². The Hall–Kier alpha value is -1.63. The maximum absolute atomic E-state index is 12.1. The third-order valence-corrected chi connectivity index (χ3v) is 4.76. The third kappa shape index (κ3) is 7.32. The molecular weight excluding hydrogens is 354 g/mol. The van der Waals surface area contributed by atoms with E-state index in [-0.39, 0.29) is 24.9 Å². The van der Waals surface area contributed by atoms with Crippen LogP contribution in [-0.2, 0) is 16.1 Å². The van der Waals surface area contributed by atoms with E-state index < -0.39 is 5.97 Å². The first kappa shape index (κ1) is 22.4. The van der Waals surface area contributed by atoms with Crippen molar-refractivity contribution < 1.29 is 14.7 Å². The number of carboxylic acid groups (broad SMARTS) is 1. The quantitative estimate of drug-likeness (QED) is 0.717. The number of hydrogen-bond acceptors (Lipinski definition) is 4. The molecule has 1 amide bonds. The van der Waals surface area contributed by atoms with Gasteiger partial charge in [-0.1, -0.05) is 36.8 Å². The molecule has 26 heavy (non-hydrogen) atoms. The van der Waals surface area contributed by atoms with Gasteiger partial charge in [0.25, 0.3) is 0 Å². The van der Waals surface area contributed by atoms with Gasteiger partial charge in [0.1, 0.15) is 0 Å². The molecule has 0 aliphatic carbocycles. The first-order valence-electron chi connectivity index (χ1n) is 8.98. The maximum Gasteiger partial charge on any atom is 0.317 e. The van der Waals surface area contributed by atoms with Crippen LogP contribution in [0.3, 0.4) is 0 Å². The molecule has 0 aromatic heterocycles. The standard InChI is InChI=1S/C19H29N3O3.ClH/c1-3-22(14-19(24)25)17-7-9-21(10-8-17)13-18(23)20-12-16-6-4-5-15(2)11-16;/h4-6,11,17H,3,7-10,12-14H2,1-2H3,(H,20,23)(H,24,25);1H. The van der Waals surface area contributed by atoms with Gasteiger partial charge in [-0.2, -0.15) is 0 Å². The predicted octanol–water partition coefficient (Wildman–Crippen LogP) is 1.90. The molecule has 0 spiro atoms. The van der Waals surface area contributed by atoms with E-state index in [2.05, 4.69) is 16.3 Å². The van der Waals surface area contributed by atoms with Gasteiger partial charge in [-0.25, -0.2) is 0 Å². The maximum atomic E-state index is 12.1. The highest BCUT2D eigenvalue weighted by Crippen LogP contribution is 2.16. The smallest absolute Gasteiger partial charge is 0.317 e. The summed E-state index contributed by atoms with van der Waals surface area (Å²) in [4.78, 5) is 27.2. The van der Waals surface area contributed by atoms with Crippen LogP contribution < -0.4 is 5.32 Å². The number of carboxylic acids is 1. The SMILES string of the molecule is CCN(CC(=O)O)C1CCN(CC(=O)NCc2cccc(C)c2)CC1.Cl. The van der Waals surface area contributed by atoms with Crippen molar-refractivity contribution in [3.05, 3.63) is 35.4 Å². The third-order valence-electron chi connectivity index (χ3n) is 4.76. The molecule has 2 N–H and O–H groups in total. The summed E-state index contributed by atoms with van der Waals surface area (Å²) in [5.41, 5.74) is 2.30. The highest BCUT2D eigenvalue weighted by molar-refractivity contribution is 5.85. The van der Waals surface area contributed by atoms with Crippen LogP contribution in [0.5, 0.6) is 0 Å². The number of hydrogen-bond donors (Lipinski definition) is 2. The van der Waals surface area contributed by atoms with Gasteiger partial charge in [-0.3, -0.25) is 19.4 Å². The molecule has 0 atom stereocenters. The van der Waals surface area contributed by atoms with E-state index in [4.69, 9.17) is 5.11 Å². The van der Waals surface area contributed by atoms with Gasteiger partial charge in [-0.05, 0) is 31.9 Å². The van der Waals surface area contributed by atoms with Crippen LogP contribution >= 0.6 is 12.4 Å². The Morgan fingerprint density at radius 3 is 2.58 bits per heavy atom. The van der Waals surface area contributed by atoms with E-state index in [0.29, 0.717) is 19.1 Å². The number of nitrogens with one attached hydrogen (secondary N) is 1. The Balaban J connectivity index is 0.00000338. The summed E-state index contributed by atoms with van der Waals surface area (Å²) in [6.07, 6.45) is 1.82. The molecule has 0 radical (unpaired) electrons. The molecule has 0 saturated carbocycles. The summed E-state index contributed by atoms with van der Waals surface area (Å²) < 4.78 is 0. The molecular formula is C19H30ClN3O3. The Morgan fingerprint density at radius 2 is 2.00 bits per heavy atom. The van der Waals surface area contributed by atoms with E-state index in [9.17, 15) is 9.59 Å². The van der Waals surface area contributed by atoms with Crippen LogP contribution in [0.15, 0.2) is 24.3 Å². The van der Waals surface area contributed by atoms with Crippen LogP contribution in [0.2, 0.25) is 0 Å². The molecule has 0 bridgehead atoms. The molecule has 1 aromatic rings. The van der Waals surface area contributed by atoms with Gasteiger partial charge in [-0.15, -0.1) is 12.4 Å². The second-order valence-electron chi connectivity index (χ2n) is 6.73. The van der Waals surface area contributed by atoms with Crippen molar-refractivity contribution in [2.24, 2.45) is 0 Å². The minimum Gasteiger partial charge on any atom is -0.480 e. The number of amides is 1. The lowest BCUT2D eigenvalue weighted by atomic mass is 10.0. The van der Waals surface area contributed by atoms with Crippen LogP contribution in [0, 0.1) is 6.92 Å². The molecule has 1 saturated heterocycles. The van der Waals surface area contributed by atoms with Gasteiger partial charge in [0.05, 0.1) is 13.1 Å². The average Bonchev–Trinajstić information content (AvgIpc) is 2.58. The summed E-state index contributed by atoms with van der Waals surface area (Å²) in [7, 11) is 0. The van der Waals surface area contributed by atoms with E-state index >= 15 is 0 Å². The molecule has 1 aliphatic heterocycles. The van der Waals surface area contributed by atoms with Crippen molar-refractivity contribution in [2.45, 2.75) is 39.3 Å². The zero-order valence-electron chi connectivity index (χ0n) is 15.6. The Labute approximate surface area is 162 Å². The van der Waals surface area contributed by atoms with Crippen LogP contribution in [-0.4, -0.2) is 65.5 Å². The summed E-state index contributed by atoms with van der Waals surface area (Å²) in [5.74, 6) is -0.738. The topological polar surface area (TPSA) is 72.9 Å². The number of carbonyl (C=O) groups is 2. The molecule has 6 nitrogen and oxygen atoms in total. The molecule has 1 aliphatic rings. The monoisotopic (exact) mass is 383 g/mol. The molecule has 1 aromatic carbocycles. The lowest BCUT2D eigenvalue weighted by Crippen LogP contribution is -2.48. The van der Waals surface area contributed by atoms with Crippen LogP contribution in [0.4, 0.5) is 0 Å². The minimum atomic E-state index is -0.778. The lowest BCUT2D eigenvalue weighted by Gasteiger charge is -2.37. The number of aliphatic carboxylic acids is 1. The number of piperidine rings is 1. The number of likely N-dealkylation sites (N-methyl/N-ethyl adjacent to an activating group) is 1. The first-order chi connectivity index (χ1) is 12.0. The number of halogens is 1. The van der Waals surface area contributed by atoms with Crippen molar-refractivity contribution >= 4 is 24.3 Å². The number of likely N-dealkylation sites (tertiary alicyclic amines) is 1. The summed E-state index contributed by atoms with van der Waals surface area (Å²) in [6.45, 7) is 7.50. The summed E-state index contributed by atoms with van der Waals surface area (Å²) >= 11 is 0. The molecule has 2 rings (SSSR count). The zero-order chi connectivity index (χ0) is 18.2. The van der Waals surface area contributed by atoms with Gasteiger partial charge in [0, 0.05) is 25.7 Å². The molecule has 1 fully saturated rings. The minimum absolute atomic E-state index is 0. The van der Waals surface area contributed by atoms with Gasteiger partial charge >= 0.3 is 5.97 Å². The predicted molar refractivity (Wildman–Crippen MR) is 105 cm³/mol. The highest BCUT2D eigenvalue weighted by atomic mass is 35.5. The van der Waals surface area contributed by atoms with E-state index in [1.807, 2.05) is 36.9 Å². The number of benzene rings is 1. The normalized spacial score (nSPS) is 15.5. The molecule has 1 heterocycles. The summed E-state index contributed by atoms with van der Waals surface area (Å²) in [5, 5.41) is 12.0. The van der Waals surface area contributed by atoms with E-state index in [1.165, 1.54) is 5.56 Å². The fraction of sp³-hybridized carbons (Fsp3) is 0.579. The Morgan fingerprint density at radius 1 is 1.31 bits per heavy atom. The fourth-order valence-electron chi connectivity index (χ4n) is 3.40. The highest BCUT2D eigenvalue weighted by Gasteiger charge is 2.25. The number of carbonyl (C=O) groups excluding carboxylic acids is 1. The van der Waals surface area contributed by atoms with Crippen molar-refractivity contribution in [1.29, 1.82) is 0 Å². The van der Waals surface area contributed by atoms with E-state index in [1.54, 1.807) is 0 Å². The van der Waals surface area contributed by atoms with E-state index in [0.717, 1.165) is 38.0 Å². The van der Waals surface area contributed by atoms with Gasteiger partial charge < -0.3 is 10.4 Å². The van der Waals surface area contributed by atoms with Gasteiger partial charge in [0.15, 0.2) is 0 Å². The number of rotatable bonds is 8. The van der Waals surface area contributed by atoms with Crippen LogP contribution in [0.1, 0.15) is 30.9 Å². The second kappa shape index (κ2) is 11.2. The van der Waals surface area contributed by atoms with Crippen molar-refractivity contribution in [3.63, 3.8) is 0 Å². The Kier molecular flexibility index (Phi) is 9.62. The fourth-order valence-corrected chi connectivity index (χ4v) is 3.40. The molecule has 146 valence electrons. The number of nitrogens with zero attached hydrogens (tertiary/aromatic N) is 2. The zero-order valence-corrected chi connectivity index (χ0v) is 16.4. The average molecular weight is 384 g/mol. The summed E-state index contributed by atoms with van der Waals surface area (Å²) in [6, 6.07) is 8.43. The first-order valence-corrected chi connectivity index (χ1v) is 8.98. The largest absolute Gasteiger partial charge is 0.480 e. The second-order valence-corrected chi connectivity index (χ2v) is 6.73. The number of aryl methyl sites for hydroxylation is 1. The Bertz CT molecular complexity index is 589. The lowest BCUT2D eigenvalue weighted by molar-refractivity contribution is -0.139. The van der Waals surface area contributed by atoms with Crippen molar-refractivity contribution in [1.82, 2.24) is 15.1 Å². The molecule has 7 heteroatoms. The van der Waals surface area contributed by atoms with Crippen molar-refractivity contribution in [2.75, 3.05) is 32.7 Å². The van der Waals surface area contributed by atoms with Gasteiger partial charge in [0.2, 0.25) is 5.91 Å². The van der Waals surface area contributed by atoms with Crippen molar-refractivity contribution in [3.8, 4) is 0 Å².